The van der Waals surface area contributed by atoms with E-state index in [4.69, 9.17) is 5.11 Å². The molecule has 0 unspecified atom stereocenters. The molecular weight excluding hydrogens is 288 g/mol. The van der Waals surface area contributed by atoms with Crippen LogP contribution < -0.4 is 0 Å². The number of carbonyl (C=O) groups is 2. The molecule has 0 radical (unpaired) electrons. The van der Waals surface area contributed by atoms with Gasteiger partial charge in [0.1, 0.15) is 5.78 Å². The van der Waals surface area contributed by atoms with Crippen molar-refractivity contribution in [2.45, 2.75) is 73.1 Å². The molecule has 0 aliphatic heterocycles. The average Bonchev–Trinajstić information content (AvgIpc) is 2.42. The Labute approximate surface area is 140 Å². The molecule has 1 saturated carbocycles. The molecule has 4 atom stereocenters. The molecule has 3 nitrogen and oxygen atoms in total. The van der Waals surface area contributed by atoms with Crippen molar-refractivity contribution in [1.82, 2.24) is 0 Å². The quantitative estimate of drug-likeness (QED) is 0.736. The van der Waals surface area contributed by atoms with Crippen LogP contribution in [0.2, 0.25) is 0 Å². The van der Waals surface area contributed by atoms with E-state index in [-0.39, 0.29) is 23.2 Å². The number of ketones is 1. The van der Waals surface area contributed by atoms with Crippen molar-refractivity contribution in [3.05, 3.63) is 11.6 Å². The fourth-order valence-corrected chi connectivity index (χ4v) is 5.25. The SMILES string of the molecule is CC1=CC[C@H]2C(C)(C)C(=O)CC[C@]2(C)[C@H]1CC[C@@H](C)CC(=O)O. The lowest BCUT2D eigenvalue weighted by Gasteiger charge is -2.56. The molecule has 1 fully saturated rings. The highest BCUT2D eigenvalue weighted by Gasteiger charge is 2.54. The fourth-order valence-electron chi connectivity index (χ4n) is 5.25. The van der Waals surface area contributed by atoms with Gasteiger partial charge >= 0.3 is 5.97 Å². The topological polar surface area (TPSA) is 54.4 Å². The molecule has 3 heteroatoms. The van der Waals surface area contributed by atoms with Crippen LogP contribution in [0.15, 0.2) is 11.6 Å². The number of Topliss-reactive ketones (excluding diaryl/α,β-unsaturated/α-hetero) is 1. The van der Waals surface area contributed by atoms with E-state index in [1.807, 2.05) is 6.92 Å². The fraction of sp³-hybridized carbons (Fsp3) is 0.800. The van der Waals surface area contributed by atoms with Crippen LogP contribution in [0.1, 0.15) is 73.1 Å². The summed E-state index contributed by atoms with van der Waals surface area (Å²) in [6.07, 6.45) is 7.23. The van der Waals surface area contributed by atoms with E-state index in [0.717, 1.165) is 25.7 Å². The van der Waals surface area contributed by atoms with E-state index in [9.17, 15) is 9.59 Å². The number of allylic oxidation sites excluding steroid dienone is 2. The molecule has 0 heterocycles. The number of carboxylic acids is 1. The molecule has 0 aromatic rings. The van der Waals surface area contributed by atoms with Crippen LogP contribution in [0, 0.1) is 28.6 Å². The van der Waals surface area contributed by atoms with Crippen LogP contribution in [0.4, 0.5) is 0 Å². The molecule has 2 aliphatic rings. The van der Waals surface area contributed by atoms with Gasteiger partial charge in [-0.05, 0) is 55.8 Å². The van der Waals surface area contributed by atoms with E-state index in [0.29, 0.717) is 24.0 Å². The van der Waals surface area contributed by atoms with Crippen molar-refractivity contribution >= 4 is 11.8 Å². The van der Waals surface area contributed by atoms with Crippen LogP contribution in [-0.2, 0) is 9.59 Å². The molecule has 0 amide bonds. The molecule has 0 saturated heterocycles. The number of aliphatic carboxylic acids is 1. The van der Waals surface area contributed by atoms with Gasteiger partial charge in [-0.15, -0.1) is 0 Å². The van der Waals surface area contributed by atoms with E-state index in [1.165, 1.54) is 5.57 Å². The first-order chi connectivity index (χ1) is 10.6. The number of hydrogen-bond donors (Lipinski definition) is 1. The van der Waals surface area contributed by atoms with Crippen molar-refractivity contribution in [2.75, 3.05) is 0 Å². The second kappa shape index (κ2) is 6.41. The summed E-state index contributed by atoms with van der Waals surface area (Å²) in [7, 11) is 0. The summed E-state index contributed by atoms with van der Waals surface area (Å²) in [6.45, 7) is 10.9. The first kappa shape index (κ1) is 18.2. The third-order valence-corrected chi connectivity index (χ3v) is 6.77. The molecule has 0 spiro atoms. The minimum atomic E-state index is -0.707. The predicted octanol–water partition coefficient (Wildman–Crippen LogP) is 4.86. The van der Waals surface area contributed by atoms with Gasteiger partial charge in [0.2, 0.25) is 0 Å². The second-order valence-corrected chi connectivity index (χ2v) is 8.72. The maximum absolute atomic E-state index is 12.4. The maximum Gasteiger partial charge on any atom is 0.303 e. The first-order valence-corrected chi connectivity index (χ1v) is 9.00. The lowest BCUT2D eigenvalue weighted by Crippen LogP contribution is -2.52. The summed E-state index contributed by atoms with van der Waals surface area (Å²) in [4.78, 5) is 23.3. The molecular formula is C20H32O3. The van der Waals surface area contributed by atoms with Crippen molar-refractivity contribution in [1.29, 1.82) is 0 Å². The van der Waals surface area contributed by atoms with Gasteiger partial charge in [0.15, 0.2) is 0 Å². The van der Waals surface area contributed by atoms with Gasteiger partial charge in [-0.3, -0.25) is 9.59 Å². The van der Waals surface area contributed by atoms with Crippen molar-refractivity contribution in [2.24, 2.45) is 28.6 Å². The van der Waals surface area contributed by atoms with E-state index >= 15 is 0 Å². The minimum absolute atomic E-state index is 0.166. The van der Waals surface area contributed by atoms with Gasteiger partial charge in [0.25, 0.3) is 0 Å². The summed E-state index contributed by atoms with van der Waals surface area (Å²) < 4.78 is 0. The average molecular weight is 320 g/mol. The standard InChI is InChI=1S/C20H32O3/c1-13(12-18(22)23)6-8-15-14(2)7-9-16-19(3,4)17(21)10-11-20(15,16)5/h7,13,15-16H,6,8-12H2,1-5H3,(H,22,23)/t13-,15+,16+,20-/m1/s1. The summed E-state index contributed by atoms with van der Waals surface area (Å²) in [6, 6.07) is 0. The lowest BCUT2D eigenvalue weighted by atomic mass is 9.48. The molecule has 0 aromatic heterocycles. The Morgan fingerprint density at radius 1 is 1.39 bits per heavy atom. The third-order valence-electron chi connectivity index (χ3n) is 6.77. The molecule has 2 rings (SSSR count). The monoisotopic (exact) mass is 320 g/mol. The van der Waals surface area contributed by atoms with Crippen molar-refractivity contribution in [3.8, 4) is 0 Å². The minimum Gasteiger partial charge on any atom is -0.481 e. The van der Waals surface area contributed by atoms with Gasteiger partial charge < -0.3 is 5.11 Å². The van der Waals surface area contributed by atoms with Crippen molar-refractivity contribution < 1.29 is 14.7 Å². The Kier molecular flexibility index (Phi) is 5.08. The molecule has 1 N–H and O–H groups in total. The molecule has 0 bridgehead atoms. The van der Waals surface area contributed by atoms with E-state index < -0.39 is 5.97 Å². The zero-order chi connectivity index (χ0) is 17.4. The lowest BCUT2D eigenvalue weighted by molar-refractivity contribution is -0.143. The highest BCUT2D eigenvalue weighted by molar-refractivity contribution is 5.85. The number of rotatable bonds is 5. The van der Waals surface area contributed by atoms with E-state index in [1.54, 1.807) is 0 Å². The van der Waals surface area contributed by atoms with Crippen LogP contribution in [0.3, 0.4) is 0 Å². The summed E-state index contributed by atoms with van der Waals surface area (Å²) >= 11 is 0. The number of fused-ring (bicyclic) bond motifs is 1. The molecule has 2 aliphatic carbocycles. The Hall–Kier alpha value is -1.12. The third kappa shape index (κ3) is 3.39. The van der Waals surface area contributed by atoms with Crippen molar-refractivity contribution in [3.63, 3.8) is 0 Å². The Morgan fingerprint density at radius 2 is 2.04 bits per heavy atom. The largest absolute Gasteiger partial charge is 0.481 e. The number of hydrogen-bond acceptors (Lipinski definition) is 2. The number of carboxylic acid groups (broad SMARTS) is 1. The Balaban J connectivity index is 2.18. The van der Waals surface area contributed by atoms with Gasteiger partial charge in [0.05, 0.1) is 0 Å². The summed E-state index contributed by atoms with van der Waals surface area (Å²) in [5.41, 5.74) is 1.37. The summed E-state index contributed by atoms with van der Waals surface area (Å²) in [5, 5.41) is 8.96. The highest BCUT2D eigenvalue weighted by atomic mass is 16.4. The summed E-state index contributed by atoms with van der Waals surface area (Å²) in [5.74, 6) is 0.792. The second-order valence-electron chi connectivity index (χ2n) is 8.72. The highest BCUT2D eigenvalue weighted by Crippen LogP contribution is 2.59. The first-order valence-electron chi connectivity index (χ1n) is 9.00. The smallest absolute Gasteiger partial charge is 0.303 e. The zero-order valence-corrected chi connectivity index (χ0v) is 15.3. The van der Waals surface area contributed by atoms with Crippen LogP contribution in [0.25, 0.3) is 0 Å². The zero-order valence-electron chi connectivity index (χ0n) is 15.3. The predicted molar refractivity (Wildman–Crippen MR) is 92.1 cm³/mol. The maximum atomic E-state index is 12.4. The molecule has 23 heavy (non-hydrogen) atoms. The number of carbonyl (C=O) groups excluding carboxylic acids is 1. The Bertz CT molecular complexity index is 517. The molecule has 130 valence electrons. The van der Waals surface area contributed by atoms with Gasteiger partial charge in [-0.25, -0.2) is 0 Å². The van der Waals surface area contributed by atoms with Crippen LogP contribution >= 0.6 is 0 Å². The van der Waals surface area contributed by atoms with Crippen LogP contribution in [0.5, 0.6) is 0 Å². The Morgan fingerprint density at radius 3 is 2.65 bits per heavy atom. The van der Waals surface area contributed by atoms with Crippen LogP contribution in [-0.4, -0.2) is 16.9 Å². The van der Waals surface area contributed by atoms with Gasteiger partial charge in [0, 0.05) is 18.3 Å². The van der Waals surface area contributed by atoms with Gasteiger partial charge in [-0.1, -0.05) is 39.3 Å². The molecule has 0 aromatic carbocycles. The van der Waals surface area contributed by atoms with E-state index in [2.05, 4.69) is 33.8 Å². The van der Waals surface area contributed by atoms with Gasteiger partial charge in [-0.2, -0.15) is 0 Å². The normalized spacial score (nSPS) is 34.5.